The first-order valence-corrected chi connectivity index (χ1v) is 6.40. The molecule has 0 saturated heterocycles. The predicted molar refractivity (Wildman–Crippen MR) is 67.5 cm³/mol. The van der Waals surface area contributed by atoms with Gasteiger partial charge in [0.05, 0.1) is 6.26 Å². The molecule has 0 spiro atoms. The van der Waals surface area contributed by atoms with Crippen molar-refractivity contribution in [2.75, 3.05) is 6.61 Å². The predicted octanol–water partition coefficient (Wildman–Crippen LogP) is 3.36. The number of ether oxygens (including phenoxy) is 2. The van der Waals surface area contributed by atoms with Crippen molar-refractivity contribution in [3.63, 3.8) is 0 Å². The third kappa shape index (κ3) is 5.07. The Morgan fingerprint density at radius 3 is 2.65 bits per heavy atom. The summed E-state index contributed by atoms with van der Waals surface area (Å²) < 4.78 is 10.5. The lowest BCUT2D eigenvalue weighted by Gasteiger charge is -2.22. The molecule has 0 aromatic rings. The Hall–Kier alpha value is -1.25. The largest absolute Gasteiger partial charge is 0.498 e. The van der Waals surface area contributed by atoms with E-state index in [9.17, 15) is 4.79 Å². The van der Waals surface area contributed by atoms with Gasteiger partial charge in [0, 0.05) is 5.57 Å². The van der Waals surface area contributed by atoms with Crippen LogP contribution in [0.25, 0.3) is 0 Å². The molecule has 1 aliphatic rings. The third-order valence-corrected chi connectivity index (χ3v) is 3.01. The van der Waals surface area contributed by atoms with E-state index in [1.165, 1.54) is 25.5 Å². The highest BCUT2D eigenvalue weighted by atomic mass is 16.5. The molecule has 3 heteroatoms. The molecule has 96 valence electrons. The Morgan fingerprint density at radius 2 is 2.06 bits per heavy atom. The number of hydrogen-bond acceptors (Lipinski definition) is 3. The van der Waals surface area contributed by atoms with Gasteiger partial charge in [0.2, 0.25) is 0 Å². The van der Waals surface area contributed by atoms with Crippen molar-refractivity contribution in [3.05, 3.63) is 24.5 Å². The van der Waals surface area contributed by atoms with Gasteiger partial charge < -0.3 is 9.47 Å². The van der Waals surface area contributed by atoms with Crippen LogP contribution < -0.4 is 0 Å². The Bertz CT molecular complexity index is 275. The van der Waals surface area contributed by atoms with E-state index in [-0.39, 0.29) is 12.1 Å². The van der Waals surface area contributed by atoms with E-state index in [1.807, 2.05) is 6.92 Å². The molecular weight excluding hydrogens is 216 g/mol. The molecule has 0 aromatic carbocycles. The van der Waals surface area contributed by atoms with Crippen LogP contribution in [0.3, 0.4) is 0 Å². The van der Waals surface area contributed by atoms with E-state index in [0.29, 0.717) is 18.6 Å². The quantitative estimate of drug-likeness (QED) is 0.308. The van der Waals surface area contributed by atoms with E-state index >= 15 is 0 Å². The molecule has 1 aliphatic carbocycles. The van der Waals surface area contributed by atoms with Gasteiger partial charge in [-0.25, -0.2) is 4.79 Å². The van der Waals surface area contributed by atoms with Gasteiger partial charge >= 0.3 is 5.97 Å². The van der Waals surface area contributed by atoms with E-state index in [0.717, 1.165) is 12.8 Å². The van der Waals surface area contributed by atoms with E-state index < -0.39 is 0 Å². The average molecular weight is 238 g/mol. The van der Waals surface area contributed by atoms with Crippen LogP contribution in [-0.4, -0.2) is 18.7 Å². The lowest BCUT2D eigenvalue weighted by Crippen LogP contribution is -2.22. The van der Waals surface area contributed by atoms with E-state index in [2.05, 4.69) is 6.58 Å². The van der Waals surface area contributed by atoms with Crippen molar-refractivity contribution >= 4 is 5.97 Å². The Kier molecular flexibility index (Phi) is 6.45. The van der Waals surface area contributed by atoms with Crippen LogP contribution in [0.15, 0.2) is 24.5 Å². The summed E-state index contributed by atoms with van der Waals surface area (Å²) in [4.78, 5) is 11.9. The summed E-state index contributed by atoms with van der Waals surface area (Å²) >= 11 is 0. The zero-order valence-corrected chi connectivity index (χ0v) is 10.6. The number of rotatable bonds is 6. The van der Waals surface area contributed by atoms with Gasteiger partial charge in [-0.05, 0) is 38.2 Å². The van der Waals surface area contributed by atoms with Gasteiger partial charge in [-0.2, -0.15) is 0 Å². The molecule has 0 aromatic heterocycles. The number of carbonyl (C=O) groups excluding carboxylic acids is 1. The van der Waals surface area contributed by atoms with Crippen molar-refractivity contribution in [1.29, 1.82) is 0 Å². The summed E-state index contributed by atoms with van der Waals surface area (Å²) in [5.41, 5.74) is 0.692. The van der Waals surface area contributed by atoms with Crippen LogP contribution in [0.5, 0.6) is 0 Å². The van der Waals surface area contributed by atoms with Crippen LogP contribution in [0.4, 0.5) is 0 Å². The van der Waals surface area contributed by atoms with Crippen LogP contribution in [0.1, 0.15) is 45.4 Å². The first-order valence-electron chi connectivity index (χ1n) is 6.40. The Morgan fingerprint density at radius 1 is 1.35 bits per heavy atom. The standard InChI is InChI=1S/C14H22O3/c1-3-12(10-11-16-4-2)14(15)17-13-8-6-5-7-9-13/h4,10,13H,2-3,5-9,11H2,1H3. The van der Waals surface area contributed by atoms with Crippen LogP contribution in [0.2, 0.25) is 0 Å². The molecule has 1 rings (SSSR count). The van der Waals surface area contributed by atoms with Crippen molar-refractivity contribution in [1.82, 2.24) is 0 Å². The molecule has 3 nitrogen and oxygen atoms in total. The van der Waals surface area contributed by atoms with Gasteiger partial charge in [-0.15, -0.1) is 0 Å². The fourth-order valence-corrected chi connectivity index (χ4v) is 2.00. The number of carbonyl (C=O) groups is 1. The lowest BCUT2D eigenvalue weighted by molar-refractivity contribution is -0.145. The summed E-state index contributed by atoms with van der Waals surface area (Å²) in [5.74, 6) is -0.188. The van der Waals surface area contributed by atoms with Crippen molar-refractivity contribution in [2.24, 2.45) is 0 Å². The minimum atomic E-state index is -0.188. The first-order chi connectivity index (χ1) is 8.27. The summed E-state index contributed by atoms with van der Waals surface area (Å²) in [6.45, 7) is 5.78. The second-order valence-electron chi connectivity index (χ2n) is 4.25. The molecule has 1 fully saturated rings. The van der Waals surface area contributed by atoms with Crippen molar-refractivity contribution in [3.8, 4) is 0 Å². The molecule has 0 radical (unpaired) electrons. The molecule has 0 unspecified atom stereocenters. The number of hydrogen-bond donors (Lipinski definition) is 0. The smallest absolute Gasteiger partial charge is 0.334 e. The monoisotopic (exact) mass is 238 g/mol. The maximum absolute atomic E-state index is 11.9. The summed E-state index contributed by atoms with van der Waals surface area (Å²) in [6.07, 6.45) is 9.54. The SMILES string of the molecule is C=COCC=C(CC)C(=O)OC1CCCCC1. The molecule has 17 heavy (non-hydrogen) atoms. The van der Waals surface area contributed by atoms with Crippen molar-refractivity contribution < 1.29 is 14.3 Å². The average Bonchev–Trinajstić information content (AvgIpc) is 2.36. The highest BCUT2D eigenvalue weighted by Gasteiger charge is 2.19. The van der Waals surface area contributed by atoms with E-state index in [1.54, 1.807) is 6.08 Å². The second-order valence-corrected chi connectivity index (χ2v) is 4.25. The van der Waals surface area contributed by atoms with Crippen LogP contribution in [-0.2, 0) is 14.3 Å². The molecule has 0 atom stereocenters. The molecule has 0 aliphatic heterocycles. The zero-order chi connectivity index (χ0) is 12.5. The molecule has 0 N–H and O–H groups in total. The van der Waals surface area contributed by atoms with Gasteiger partial charge in [-0.1, -0.05) is 19.9 Å². The van der Waals surface area contributed by atoms with Crippen molar-refractivity contribution in [2.45, 2.75) is 51.6 Å². The maximum Gasteiger partial charge on any atom is 0.334 e. The van der Waals surface area contributed by atoms with E-state index in [4.69, 9.17) is 9.47 Å². The maximum atomic E-state index is 11.9. The Labute approximate surface area is 103 Å². The van der Waals surface area contributed by atoms with Crippen LogP contribution >= 0.6 is 0 Å². The minimum absolute atomic E-state index is 0.117. The first kappa shape index (κ1) is 13.8. The van der Waals surface area contributed by atoms with Gasteiger partial charge in [-0.3, -0.25) is 0 Å². The summed E-state index contributed by atoms with van der Waals surface area (Å²) in [7, 11) is 0. The normalized spacial score (nSPS) is 17.6. The zero-order valence-electron chi connectivity index (χ0n) is 10.6. The number of esters is 1. The highest BCUT2D eigenvalue weighted by Crippen LogP contribution is 2.21. The Balaban J connectivity index is 2.41. The summed E-state index contributed by atoms with van der Waals surface area (Å²) in [6, 6.07) is 0. The summed E-state index contributed by atoms with van der Waals surface area (Å²) in [5, 5.41) is 0. The lowest BCUT2D eigenvalue weighted by atomic mass is 9.98. The second kappa shape index (κ2) is 7.93. The fourth-order valence-electron chi connectivity index (χ4n) is 2.00. The topological polar surface area (TPSA) is 35.5 Å². The van der Waals surface area contributed by atoms with Crippen LogP contribution in [0, 0.1) is 0 Å². The molecule has 0 amide bonds. The molecule has 0 bridgehead atoms. The molecular formula is C14H22O3. The molecule has 1 saturated carbocycles. The van der Waals surface area contributed by atoms with Gasteiger partial charge in [0.15, 0.2) is 0 Å². The third-order valence-electron chi connectivity index (χ3n) is 3.01. The fraction of sp³-hybridized carbons (Fsp3) is 0.643. The highest BCUT2D eigenvalue weighted by molar-refractivity contribution is 5.88. The van der Waals surface area contributed by atoms with Gasteiger partial charge in [0.25, 0.3) is 0 Å². The molecule has 0 heterocycles. The van der Waals surface area contributed by atoms with Gasteiger partial charge in [0.1, 0.15) is 12.7 Å². The minimum Gasteiger partial charge on any atom is -0.498 e.